The van der Waals surface area contributed by atoms with Crippen LogP contribution in [-0.2, 0) is 11.2 Å². The maximum absolute atomic E-state index is 12.4. The van der Waals surface area contributed by atoms with Gasteiger partial charge in [-0.1, -0.05) is 6.07 Å². The van der Waals surface area contributed by atoms with Gasteiger partial charge in [0, 0.05) is 17.8 Å². The lowest BCUT2D eigenvalue weighted by Crippen LogP contribution is -2.38. The summed E-state index contributed by atoms with van der Waals surface area (Å²) in [6.07, 6.45) is 3.96. The highest BCUT2D eigenvalue weighted by molar-refractivity contribution is 6.06. The molecule has 35 heavy (non-hydrogen) atoms. The van der Waals surface area contributed by atoms with Crippen molar-refractivity contribution in [3.8, 4) is 23.0 Å². The number of anilines is 1. The van der Waals surface area contributed by atoms with Gasteiger partial charge < -0.3 is 35.1 Å². The molecular weight excluding hydrogens is 497 g/mol. The number of aliphatic hydroxyl groups excluding tert-OH is 1. The van der Waals surface area contributed by atoms with Crippen LogP contribution in [0.3, 0.4) is 0 Å². The quantitative estimate of drug-likeness (QED) is 0.366. The number of carbonyl (C=O) groups excluding carboxylic acids is 1. The number of hydrogen-bond donors (Lipinski definition) is 3. The zero-order chi connectivity index (χ0) is 24.0. The molecule has 0 bridgehead atoms. The number of ether oxygens (including phenoxy) is 4. The van der Waals surface area contributed by atoms with Crippen molar-refractivity contribution in [1.29, 1.82) is 0 Å². The first kappa shape index (κ1) is 30.1. The second kappa shape index (κ2) is 13.8. The predicted octanol–water partition coefficient (Wildman–Crippen LogP) is 3.35. The summed E-state index contributed by atoms with van der Waals surface area (Å²) in [5.74, 6) is 1.62. The molecule has 1 heterocycles. The smallest absolute Gasteiger partial charge is 0.243 e. The number of nitrogens with one attached hydrogen (secondary N) is 1. The van der Waals surface area contributed by atoms with Gasteiger partial charge in [0.2, 0.25) is 11.7 Å². The summed E-state index contributed by atoms with van der Waals surface area (Å²) in [5, 5.41) is 13.6. The van der Waals surface area contributed by atoms with E-state index in [1.807, 2.05) is 25.1 Å². The van der Waals surface area contributed by atoms with Gasteiger partial charge >= 0.3 is 0 Å². The Morgan fingerprint density at radius 2 is 1.69 bits per heavy atom. The molecule has 11 heteroatoms. The van der Waals surface area contributed by atoms with E-state index in [2.05, 4.69) is 10.3 Å². The molecule has 1 unspecified atom stereocenters. The average molecular weight is 528 g/mol. The lowest BCUT2D eigenvalue weighted by Gasteiger charge is -2.18. The molecule has 0 spiro atoms. The second-order valence-corrected chi connectivity index (χ2v) is 7.25. The molecule has 0 aliphatic carbocycles. The molecule has 1 amide bonds. The van der Waals surface area contributed by atoms with E-state index >= 15 is 0 Å². The fourth-order valence-corrected chi connectivity index (χ4v) is 3.59. The van der Waals surface area contributed by atoms with Gasteiger partial charge in [-0.25, -0.2) is 0 Å². The Morgan fingerprint density at radius 1 is 1.03 bits per heavy atom. The standard InChI is InChI=1S/C24H29N3O6.2ClH/c1-5-33-19-7-6-16-15(8-14-9-20(30-2)23(32-4)21(10-14)31-3)11-26-12-17(16)22(19)27-24(29)18(25)13-28;;/h6-7,9-12,18,28H,5,8,13,25H2,1-4H3,(H,27,29);2*1H. The van der Waals surface area contributed by atoms with Crippen LogP contribution in [0.15, 0.2) is 36.7 Å². The molecule has 1 atom stereocenters. The molecule has 0 aliphatic rings. The lowest BCUT2D eigenvalue weighted by atomic mass is 9.99. The lowest BCUT2D eigenvalue weighted by molar-refractivity contribution is -0.118. The van der Waals surface area contributed by atoms with E-state index < -0.39 is 18.6 Å². The van der Waals surface area contributed by atoms with Gasteiger partial charge in [-0.2, -0.15) is 0 Å². The highest BCUT2D eigenvalue weighted by Gasteiger charge is 2.19. The Bertz CT molecular complexity index is 1120. The number of aromatic nitrogens is 1. The van der Waals surface area contributed by atoms with Crippen molar-refractivity contribution in [2.45, 2.75) is 19.4 Å². The van der Waals surface area contributed by atoms with E-state index in [1.54, 1.807) is 39.8 Å². The summed E-state index contributed by atoms with van der Waals surface area (Å²) in [6, 6.07) is 6.45. The molecule has 0 saturated carbocycles. The van der Waals surface area contributed by atoms with Crippen LogP contribution in [0, 0.1) is 0 Å². The largest absolute Gasteiger partial charge is 0.493 e. The minimum absolute atomic E-state index is 0. The van der Waals surface area contributed by atoms with E-state index in [0.717, 1.165) is 16.5 Å². The van der Waals surface area contributed by atoms with Gasteiger partial charge in [0.1, 0.15) is 11.8 Å². The van der Waals surface area contributed by atoms with Crippen LogP contribution < -0.4 is 30.0 Å². The Morgan fingerprint density at radius 3 is 2.23 bits per heavy atom. The highest BCUT2D eigenvalue weighted by Crippen LogP contribution is 2.40. The maximum atomic E-state index is 12.4. The van der Waals surface area contributed by atoms with Crippen molar-refractivity contribution < 1.29 is 28.8 Å². The Kier molecular flexibility index (Phi) is 11.8. The molecule has 2 aromatic carbocycles. The summed E-state index contributed by atoms with van der Waals surface area (Å²) in [4.78, 5) is 16.8. The zero-order valence-corrected chi connectivity index (χ0v) is 21.6. The van der Waals surface area contributed by atoms with Crippen molar-refractivity contribution in [3.05, 3.63) is 47.8 Å². The van der Waals surface area contributed by atoms with Gasteiger partial charge in [0.05, 0.1) is 40.2 Å². The van der Waals surface area contributed by atoms with E-state index in [0.29, 0.717) is 47.1 Å². The first-order valence-electron chi connectivity index (χ1n) is 10.5. The third kappa shape index (κ3) is 6.58. The summed E-state index contributed by atoms with van der Waals surface area (Å²) < 4.78 is 22.0. The van der Waals surface area contributed by atoms with Gasteiger partial charge in [0.15, 0.2) is 11.5 Å². The first-order chi connectivity index (χ1) is 16.0. The Balaban J connectivity index is 0.00000306. The molecule has 0 aliphatic heterocycles. The van der Waals surface area contributed by atoms with Crippen LogP contribution in [0.4, 0.5) is 5.69 Å². The molecule has 3 aromatic rings. The Hall–Kier alpha value is -2.98. The second-order valence-electron chi connectivity index (χ2n) is 7.25. The number of carbonyl (C=O) groups is 1. The Labute approximate surface area is 216 Å². The van der Waals surface area contributed by atoms with Gasteiger partial charge in [-0.3, -0.25) is 9.78 Å². The van der Waals surface area contributed by atoms with Crippen molar-refractivity contribution >= 4 is 47.2 Å². The number of halogens is 2. The molecule has 192 valence electrons. The van der Waals surface area contributed by atoms with Gasteiger partial charge in [-0.15, -0.1) is 24.8 Å². The van der Waals surface area contributed by atoms with Crippen LogP contribution in [0.25, 0.3) is 10.8 Å². The topological polar surface area (TPSA) is 125 Å². The summed E-state index contributed by atoms with van der Waals surface area (Å²) in [5.41, 5.74) is 8.01. The normalized spacial score (nSPS) is 11.0. The summed E-state index contributed by atoms with van der Waals surface area (Å²) >= 11 is 0. The number of nitrogens with zero attached hydrogens (tertiary/aromatic N) is 1. The number of benzene rings is 2. The van der Waals surface area contributed by atoms with Crippen LogP contribution in [0.5, 0.6) is 23.0 Å². The van der Waals surface area contributed by atoms with Crippen LogP contribution in [-0.4, -0.2) is 56.6 Å². The van der Waals surface area contributed by atoms with E-state index in [4.69, 9.17) is 24.7 Å². The molecule has 1 aromatic heterocycles. The number of methoxy groups -OCH3 is 3. The van der Waals surface area contributed by atoms with Crippen LogP contribution >= 0.6 is 24.8 Å². The van der Waals surface area contributed by atoms with Crippen molar-refractivity contribution in [2.75, 3.05) is 39.9 Å². The fourth-order valence-electron chi connectivity index (χ4n) is 3.59. The number of fused-ring (bicyclic) bond motifs is 1. The predicted molar refractivity (Wildman–Crippen MR) is 140 cm³/mol. The van der Waals surface area contributed by atoms with Crippen LogP contribution in [0.2, 0.25) is 0 Å². The van der Waals surface area contributed by atoms with Crippen LogP contribution in [0.1, 0.15) is 18.1 Å². The number of rotatable bonds is 10. The van der Waals surface area contributed by atoms with Gasteiger partial charge in [0.25, 0.3) is 0 Å². The van der Waals surface area contributed by atoms with E-state index in [1.165, 1.54) is 0 Å². The molecular formula is C24H31Cl2N3O6. The number of aliphatic hydroxyl groups is 1. The van der Waals surface area contributed by atoms with E-state index in [9.17, 15) is 9.90 Å². The maximum Gasteiger partial charge on any atom is 0.243 e. The minimum atomic E-state index is -1.05. The third-order valence-corrected chi connectivity index (χ3v) is 5.19. The van der Waals surface area contributed by atoms with Crippen molar-refractivity contribution in [3.63, 3.8) is 0 Å². The third-order valence-electron chi connectivity index (χ3n) is 5.19. The number of pyridine rings is 1. The summed E-state index contributed by atoms with van der Waals surface area (Å²) in [6.45, 7) is 1.80. The van der Waals surface area contributed by atoms with Gasteiger partial charge in [-0.05, 0) is 48.1 Å². The molecule has 4 N–H and O–H groups in total. The number of amides is 1. The molecule has 0 saturated heterocycles. The summed E-state index contributed by atoms with van der Waals surface area (Å²) in [7, 11) is 4.70. The minimum Gasteiger partial charge on any atom is -0.493 e. The molecule has 0 radical (unpaired) electrons. The van der Waals surface area contributed by atoms with E-state index in [-0.39, 0.29) is 24.8 Å². The number of nitrogens with two attached hydrogens (primary N) is 1. The SMILES string of the molecule is CCOc1ccc2c(Cc3cc(OC)c(OC)c(OC)c3)cncc2c1NC(=O)C(N)CO.Cl.Cl. The highest BCUT2D eigenvalue weighted by atomic mass is 35.5. The molecule has 0 fully saturated rings. The average Bonchev–Trinajstić information content (AvgIpc) is 2.84. The fraction of sp³-hybridized carbons (Fsp3) is 0.333. The van der Waals surface area contributed by atoms with Crippen molar-refractivity contribution in [2.24, 2.45) is 5.73 Å². The zero-order valence-electron chi connectivity index (χ0n) is 20.0. The first-order valence-corrected chi connectivity index (χ1v) is 10.5. The molecule has 9 nitrogen and oxygen atoms in total. The number of hydrogen-bond acceptors (Lipinski definition) is 8. The molecule has 3 rings (SSSR count). The monoisotopic (exact) mass is 527 g/mol. The van der Waals surface area contributed by atoms with Crippen molar-refractivity contribution in [1.82, 2.24) is 4.98 Å².